The summed E-state index contributed by atoms with van der Waals surface area (Å²) in [6.45, 7) is 0. The fourth-order valence-electron chi connectivity index (χ4n) is 1.85. The Balaban J connectivity index is 2.25. The number of benzene rings is 1. The highest BCUT2D eigenvalue weighted by Crippen LogP contribution is 2.21. The van der Waals surface area contributed by atoms with E-state index < -0.39 is 0 Å². The summed E-state index contributed by atoms with van der Waals surface area (Å²) in [7, 11) is 3.71. The minimum Gasteiger partial charge on any atom is -0.346 e. The summed E-state index contributed by atoms with van der Waals surface area (Å²) >= 11 is 0. The molecule has 2 heterocycles. The Morgan fingerprint density at radius 3 is 2.47 bits per heavy atom. The third-order valence-electron chi connectivity index (χ3n) is 2.79. The molecule has 0 amide bonds. The first kappa shape index (κ1) is 11.4. The number of hydrogen-bond donors (Lipinski definition) is 2. The van der Waals surface area contributed by atoms with Crippen LogP contribution in [0, 0.1) is 0 Å². The molecule has 0 spiro atoms. The van der Waals surface area contributed by atoms with Crippen molar-refractivity contribution in [3.05, 3.63) is 34.6 Å². The van der Waals surface area contributed by atoms with E-state index in [1.54, 1.807) is 11.0 Å². The zero-order valence-corrected chi connectivity index (χ0v) is 10.5. The van der Waals surface area contributed by atoms with Crippen molar-refractivity contribution < 1.29 is 0 Å². The number of nitrogens with one attached hydrogen (secondary N) is 2. The third-order valence-corrected chi connectivity index (χ3v) is 2.79. The average molecular weight is 256 g/mol. The van der Waals surface area contributed by atoms with Gasteiger partial charge in [-0.15, -0.1) is 5.10 Å². The molecule has 3 aromatic rings. The Bertz CT molecular complexity index is 788. The van der Waals surface area contributed by atoms with Crippen molar-refractivity contribution in [2.75, 3.05) is 19.0 Å². The number of anilines is 1. The molecule has 96 valence electrons. The van der Waals surface area contributed by atoms with Gasteiger partial charge in [-0.25, -0.2) is 5.10 Å². The molecule has 3 rings (SSSR count). The van der Waals surface area contributed by atoms with Crippen molar-refractivity contribution in [1.82, 2.24) is 25.4 Å². The lowest BCUT2D eigenvalue weighted by atomic mass is 10.1. The lowest BCUT2D eigenvalue weighted by molar-refractivity contribution is 0.990. The van der Waals surface area contributed by atoms with Crippen molar-refractivity contribution in [3.8, 4) is 11.5 Å². The molecular weight excluding hydrogens is 244 g/mol. The summed E-state index contributed by atoms with van der Waals surface area (Å²) in [6, 6.07) is 7.26. The van der Waals surface area contributed by atoms with Gasteiger partial charge in [-0.3, -0.25) is 9.89 Å². The molecule has 0 saturated carbocycles. The lowest BCUT2D eigenvalue weighted by Gasteiger charge is -2.04. The average Bonchev–Trinajstić information content (AvgIpc) is 2.89. The van der Waals surface area contributed by atoms with Crippen molar-refractivity contribution in [3.63, 3.8) is 0 Å². The van der Waals surface area contributed by atoms with E-state index in [0.717, 1.165) is 5.39 Å². The van der Waals surface area contributed by atoms with Crippen LogP contribution in [0.5, 0.6) is 0 Å². The van der Waals surface area contributed by atoms with Gasteiger partial charge in [0.15, 0.2) is 5.82 Å². The maximum absolute atomic E-state index is 11.7. The summed E-state index contributed by atoms with van der Waals surface area (Å²) in [5, 5.41) is 14.8. The first-order valence-corrected chi connectivity index (χ1v) is 5.74. The summed E-state index contributed by atoms with van der Waals surface area (Å²) in [4.78, 5) is 17.8. The number of H-pyrrole nitrogens is 2. The molecule has 0 radical (unpaired) electrons. The highest BCUT2D eigenvalue weighted by molar-refractivity contribution is 5.92. The lowest BCUT2D eigenvalue weighted by Crippen LogP contribution is -2.10. The number of rotatable bonds is 2. The largest absolute Gasteiger partial charge is 0.346 e. The van der Waals surface area contributed by atoms with Crippen molar-refractivity contribution >= 4 is 16.7 Å². The molecule has 0 aliphatic heterocycles. The molecule has 0 unspecified atom stereocenters. The fourth-order valence-corrected chi connectivity index (χ4v) is 1.85. The second-order valence-electron chi connectivity index (χ2n) is 4.33. The van der Waals surface area contributed by atoms with Crippen molar-refractivity contribution in [1.29, 1.82) is 0 Å². The summed E-state index contributed by atoms with van der Waals surface area (Å²) < 4.78 is 0. The Morgan fingerprint density at radius 2 is 1.79 bits per heavy atom. The highest BCUT2D eigenvalue weighted by Gasteiger charge is 2.13. The van der Waals surface area contributed by atoms with Crippen LogP contribution in [0.4, 0.5) is 5.95 Å². The molecule has 0 aliphatic rings. The smallest absolute Gasteiger partial charge is 0.272 e. The Morgan fingerprint density at radius 1 is 1.05 bits per heavy atom. The van der Waals surface area contributed by atoms with Gasteiger partial charge in [0.25, 0.3) is 5.56 Å². The topological polar surface area (TPSA) is 90.6 Å². The number of hydrogen-bond acceptors (Lipinski definition) is 5. The van der Waals surface area contributed by atoms with Gasteiger partial charge in [-0.2, -0.15) is 10.1 Å². The molecule has 1 aromatic carbocycles. The molecule has 7 nitrogen and oxygen atoms in total. The van der Waals surface area contributed by atoms with Crippen molar-refractivity contribution in [2.24, 2.45) is 0 Å². The normalized spacial score (nSPS) is 10.8. The molecule has 0 atom stereocenters. The minimum atomic E-state index is -0.216. The van der Waals surface area contributed by atoms with Crippen LogP contribution in [0.15, 0.2) is 29.1 Å². The van der Waals surface area contributed by atoms with Gasteiger partial charge in [0.2, 0.25) is 5.95 Å². The zero-order chi connectivity index (χ0) is 13.4. The van der Waals surface area contributed by atoms with Crippen LogP contribution in [0.1, 0.15) is 0 Å². The maximum atomic E-state index is 11.7. The number of fused-ring (bicyclic) bond motifs is 1. The predicted octanol–water partition coefficient (Wildman–Crippen LogP) is 0.774. The number of aromatic nitrogens is 5. The minimum absolute atomic E-state index is 0.216. The van der Waals surface area contributed by atoms with Crippen LogP contribution >= 0.6 is 0 Å². The van der Waals surface area contributed by atoms with E-state index in [1.165, 1.54) is 0 Å². The Labute approximate surface area is 108 Å². The number of nitrogens with zero attached hydrogens (tertiary/aromatic N) is 4. The van der Waals surface area contributed by atoms with E-state index in [1.807, 2.05) is 32.3 Å². The van der Waals surface area contributed by atoms with Gasteiger partial charge in [-0.05, 0) is 6.07 Å². The molecule has 0 aliphatic carbocycles. The summed E-state index contributed by atoms with van der Waals surface area (Å²) in [5.41, 5.74) is 0.363. The van der Waals surface area contributed by atoms with E-state index in [-0.39, 0.29) is 5.56 Å². The van der Waals surface area contributed by atoms with Gasteiger partial charge >= 0.3 is 0 Å². The summed E-state index contributed by atoms with van der Waals surface area (Å²) in [6.07, 6.45) is 0. The maximum Gasteiger partial charge on any atom is 0.272 e. The van der Waals surface area contributed by atoms with Crippen LogP contribution < -0.4 is 10.5 Å². The van der Waals surface area contributed by atoms with Gasteiger partial charge in [0.1, 0.15) is 5.69 Å². The van der Waals surface area contributed by atoms with Gasteiger partial charge in [0, 0.05) is 19.5 Å². The SMILES string of the molecule is CN(C)c1n[nH]c(-c2n[nH]c(=O)c3ccccc23)n1. The fraction of sp³-hybridized carbons (Fsp3) is 0.167. The molecule has 0 bridgehead atoms. The molecule has 0 saturated heterocycles. The first-order valence-electron chi connectivity index (χ1n) is 5.74. The van der Waals surface area contributed by atoms with Crippen LogP contribution in [-0.2, 0) is 0 Å². The van der Waals surface area contributed by atoms with Crippen LogP contribution in [0.25, 0.3) is 22.3 Å². The molecule has 2 aromatic heterocycles. The molecule has 0 fully saturated rings. The van der Waals surface area contributed by atoms with E-state index in [0.29, 0.717) is 22.9 Å². The standard InChI is InChI=1S/C12H12N6O/c1-18(2)12-13-10(15-17-12)9-7-5-3-4-6-8(7)11(19)16-14-9/h3-6H,1-2H3,(H,16,19)(H,13,15,17). The quantitative estimate of drug-likeness (QED) is 0.707. The van der Waals surface area contributed by atoms with Crippen LogP contribution in [0.3, 0.4) is 0 Å². The molecule has 2 N–H and O–H groups in total. The predicted molar refractivity (Wildman–Crippen MR) is 72.1 cm³/mol. The zero-order valence-electron chi connectivity index (χ0n) is 10.5. The van der Waals surface area contributed by atoms with E-state index >= 15 is 0 Å². The highest BCUT2D eigenvalue weighted by atomic mass is 16.1. The number of aromatic amines is 2. The summed E-state index contributed by atoms with van der Waals surface area (Å²) in [5.74, 6) is 1.09. The van der Waals surface area contributed by atoms with E-state index in [9.17, 15) is 4.79 Å². The molecule has 7 heteroatoms. The first-order chi connectivity index (χ1) is 9.16. The Kier molecular flexibility index (Phi) is 2.52. The van der Waals surface area contributed by atoms with E-state index in [4.69, 9.17) is 0 Å². The second kappa shape index (κ2) is 4.20. The molecular formula is C12H12N6O. The second-order valence-corrected chi connectivity index (χ2v) is 4.33. The third kappa shape index (κ3) is 1.85. The van der Waals surface area contributed by atoms with Gasteiger partial charge in [0.05, 0.1) is 5.39 Å². The molecule has 19 heavy (non-hydrogen) atoms. The van der Waals surface area contributed by atoms with Crippen LogP contribution in [-0.4, -0.2) is 39.5 Å². The van der Waals surface area contributed by atoms with Crippen molar-refractivity contribution in [2.45, 2.75) is 0 Å². The van der Waals surface area contributed by atoms with Gasteiger partial charge in [-0.1, -0.05) is 18.2 Å². The van der Waals surface area contributed by atoms with Crippen LogP contribution in [0.2, 0.25) is 0 Å². The monoisotopic (exact) mass is 256 g/mol. The van der Waals surface area contributed by atoms with Gasteiger partial charge < -0.3 is 4.90 Å². The van der Waals surface area contributed by atoms with E-state index in [2.05, 4.69) is 25.4 Å². The Hall–Kier alpha value is -2.70.